The van der Waals surface area contributed by atoms with Crippen molar-refractivity contribution in [1.82, 2.24) is 0 Å². The summed E-state index contributed by atoms with van der Waals surface area (Å²) >= 11 is 0. The van der Waals surface area contributed by atoms with E-state index in [4.69, 9.17) is 20.4 Å². The fraction of sp³-hybridized carbons (Fsp3) is 0.833. The number of aliphatic hydroxyl groups is 4. The molecule has 0 aromatic rings. The zero-order valence-corrected chi connectivity index (χ0v) is 11.7. The molecule has 0 spiro atoms. The van der Waals surface area contributed by atoms with Gasteiger partial charge in [-0.05, 0) is 0 Å². The molecule has 4 N–H and O–H groups in total. The molecule has 0 fully saturated rings. The maximum atomic E-state index is 10.9. The van der Waals surface area contributed by atoms with Crippen LogP contribution in [0.2, 0.25) is 0 Å². The topological polar surface area (TPSA) is 170 Å². The summed E-state index contributed by atoms with van der Waals surface area (Å²) < 4.78 is 13.5. The number of aliphatic hydroxyl groups excluding tert-OH is 4. The SMILES string of the molecule is O=C(COP(=O)([O-])[O-])[C@H](O)[C@@H](O)[C@H](O)CO.[Ca+2]. The van der Waals surface area contributed by atoms with Crippen LogP contribution in [-0.2, 0) is 13.9 Å². The van der Waals surface area contributed by atoms with E-state index < -0.39 is 45.1 Å². The molecule has 0 aromatic heterocycles. The molecule has 0 aliphatic heterocycles. The van der Waals surface area contributed by atoms with Crippen LogP contribution < -0.4 is 9.79 Å². The van der Waals surface area contributed by atoms with Crippen molar-refractivity contribution in [1.29, 1.82) is 0 Å². The molecule has 11 heteroatoms. The van der Waals surface area contributed by atoms with Gasteiger partial charge in [0.15, 0.2) is 5.78 Å². The van der Waals surface area contributed by atoms with E-state index >= 15 is 0 Å². The first kappa shape index (κ1) is 20.2. The third-order valence-corrected chi connectivity index (χ3v) is 2.04. The van der Waals surface area contributed by atoms with Crippen molar-refractivity contribution in [2.75, 3.05) is 13.2 Å². The molecule has 96 valence electrons. The molecule has 0 bridgehead atoms. The van der Waals surface area contributed by atoms with Gasteiger partial charge in [-0.3, -0.25) is 4.79 Å². The predicted molar refractivity (Wildman–Crippen MR) is 49.4 cm³/mol. The van der Waals surface area contributed by atoms with Gasteiger partial charge in [0.2, 0.25) is 0 Å². The van der Waals surface area contributed by atoms with E-state index in [0.29, 0.717) is 0 Å². The van der Waals surface area contributed by atoms with Gasteiger partial charge in [0, 0.05) is 0 Å². The van der Waals surface area contributed by atoms with Crippen molar-refractivity contribution in [3.63, 3.8) is 0 Å². The fourth-order valence-electron chi connectivity index (χ4n) is 0.737. The predicted octanol–water partition coefficient (Wildman–Crippen LogP) is -4.90. The number of phosphoric acid groups is 1. The van der Waals surface area contributed by atoms with Crippen LogP contribution in [0.1, 0.15) is 0 Å². The first-order valence-corrected chi connectivity index (χ1v) is 5.49. The molecule has 0 rings (SSSR count). The Balaban J connectivity index is 0. The first-order chi connectivity index (χ1) is 7.19. The van der Waals surface area contributed by atoms with Gasteiger partial charge in [0.1, 0.15) is 24.9 Å². The van der Waals surface area contributed by atoms with E-state index in [1.165, 1.54) is 0 Å². The molecule has 0 aromatic carbocycles. The molecule has 17 heavy (non-hydrogen) atoms. The number of carbonyl (C=O) groups excluding carboxylic acids is 1. The van der Waals surface area contributed by atoms with E-state index in [-0.39, 0.29) is 37.7 Å². The van der Waals surface area contributed by atoms with Gasteiger partial charge in [-0.1, -0.05) is 0 Å². The van der Waals surface area contributed by atoms with Crippen molar-refractivity contribution >= 4 is 51.3 Å². The van der Waals surface area contributed by atoms with Crippen LogP contribution in [0.5, 0.6) is 0 Å². The Kier molecular flexibility index (Phi) is 10.6. The van der Waals surface area contributed by atoms with Crippen LogP contribution >= 0.6 is 7.82 Å². The molecule has 0 saturated heterocycles. The Morgan fingerprint density at radius 2 is 1.76 bits per heavy atom. The average Bonchev–Trinajstić information content (AvgIpc) is 2.21. The number of rotatable bonds is 7. The van der Waals surface area contributed by atoms with Crippen LogP contribution in [-0.4, -0.2) is 95.5 Å². The zero-order valence-electron chi connectivity index (χ0n) is 8.63. The molecular weight excluding hydrogens is 287 g/mol. The summed E-state index contributed by atoms with van der Waals surface area (Å²) in [6, 6.07) is 0. The standard InChI is InChI=1S/C6H13O9P.Ca/c7-1-3(8)5(10)6(11)4(9)2-15-16(12,13)14;/h3,5-8,10-11H,1-2H2,(H2,12,13,14);/q;+2/p-2/t3-,5+,6+;/m1./s1. The van der Waals surface area contributed by atoms with Crippen LogP contribution in [0.25, 0.3) is 0 Å². The minimum absolute atomic E-state index is 0. The summed E-state index contributed by atoms with van der Waals surface area (Å²) in [4.78, 5) is 30.9. The van der Waals surface area contributed by atoms with E-state index in [9.17, 15) is 19.1 Å². The van der Waals surface area contributed by atoms with Crippen molar-refractivity contribution < 1.29 is 44.1 Å². The summed E-state index contributed by atoms with van der Waals surface area (Å²) in [5.41, 5.74) is 0. The van der Waals surface area contributed by atoms with Gasteiger partial charge in [0.25, 0.3) is 0 Å². The summed E-state index contributed by atoms with van der Waals surface area (Å²) in [7, 11) is -5.35. The number of Topliss-reactive ketones (excluding diaryl/α,β-unsaturated/α-hetero) is 1. The Morgan fingerprint density at radius 3 is 2.12 bits per heavy atom. The number of carbonyl (C=O) groups is 1. The minimum atomic E-state index is -5.35. The molecule has 0 unspecified atom stereocenters. The van der Waals surface area contributed by atoms with Crippen LogP contribution in [0.15, 0.2) is 0 Å². The summed E-state index contributed by atoms with van der Waals surface area (Å²) in [6.07, 6.45) is -5.93. The second-order valence-electron chi connectivity index (χ2n) is 2.87. The largest absolute Gasteiger partial charge is 2.00 e. The number of hydrogen-bond donors (Lipinski definition) is 4. The van der Waals surface area contributed by atoms with Crippen molar-refractivity contribution in [3.05, 3.63) is 0 Å². The van der Waals surface area contributed by atoms with Gasteiger partial charge >= 0.3 is 37.7 Å². The first-order valence-electron chi connectivity index (χ1n) is 4.03. The Morgan fingerprint density at radius 1 is 1.29 bits per heavy atom. The molecule has 3 atom stereocenters. The van der Waals surface area contributed by atoms with E-state index in [1.807, 2.05) is 0 Å². The summed E-state index contributed by atoms with van der Waals surface area (Å²) in [5, 5.41) is 35.3. The summed E-state index contributed by atoms with van der Waals surface area (Å²) in [5.74, 6) is -1.31. The maximum Gasteiger partial charge on any atom is 2.00 e. The molecule has 0 radical (unpaired) electrons. The molecule has 0 aliphatic rings. The van der Waals surface area contributed by atoms with Crippen molar-refractivity contribution in [2.45, 2.75) is 18.3 Å². The second kappa shape index (κ2) is 8.89. The van der Waals surface area contributed by atoms with Crippen molar-refractivity contribution in [3.8, 4) is 0 Å². The average molecular weight is 298 g/mol. The molecule has 0 aliphatic carbocycles. The number of phosphoric ester groups is 1. The molecule has 9 nitrogen and oxygen atoms in total. The summed E-state index contributed by atoms with van der Waals surface area (Å²) in [6.45, 7) is -2.16. The second-order valence-corrected chi connectivity index (χ2v) is 4.02. The maximum absolute atomic E-state index is 10.9. The quantitative estimate of drug-likeness (QED) is 0.265. The van der Waals surface area contributed by atoms with Crippen LogP contribution in [0, 0.1) is 0 Å². The normalized spacial score (nSPS) is 16.8. The Labute approximate surface area is 126 Å². The van der Waals surface area contributed by atoms with Crippen LogP contribution in [0.4, 0.5) is 0 Å². The molecule has 0 amide bonds. The molecule has 0 heterocycles. The Bertz CT molecular complexity index is 279. The Hall–Kier alpha value is 0.880. The van der Waals surface area contributed by atoms with E-state index in [2.05, 4.69) is 4.52 Å². The number of ketones is 1. The monoisotopic (exact) mass is 298 g/mol. The van der Waals surface area contributed by atoms with Gasteiger partial charge in [-0.25, -0.2) is 0 Å². The van der Waals surface area contributed by atoms with E-state index in [0.717, 1.165) is 0 Å². The van der Waals surface area contributed by atoms with Crippen molar-refractivity contribution in [2.24, 2.45) is 0 Å². The smallest absolute Gasteiger partial charge is 0.790 e. The van der Waals surface area contributed by atoms with Gasteiger partial charge in [-0.15, -0.1) is 0 Å². The van der Waals surface area contributed by atoms with Crippen LogP contribution in [0.3, 0.4) is 0 Å². The zero-order chi connectivity index (χ0) is 12.9. The van der Waals surface area contributed by atoms with Gasteiger partial charge < -0.3 is 39.3 Å². The molecular formula is C6H11CaO9P. The van der Waals surface area contributed by atoms with Gasteiger partial charge in [0.05, 0.1) is 14.4 Å². The van der Waals surface area contributed by atoms with E-state index in [1.54, 1.807) is 0 Å². The van der Waals surface area contributed by atoms with Gasteiger partial charge in [-0.2, -0.15) is 0 Å². The number of hydrogen-bond acceptors (Lipinski definition) is 9. The minimum Gasteiger partial charge on any atom is -0.790 e. The molecule has 0 saturated carbocycles. The third kappa shape index (κ3) is 8.57. The fourth-order valence-corrected chi connectivity index (χ4v) is 1.02. The third-order valence-electron chi connectivity index (χ3n) is 1.60.